The fourth-order valence-corrected chi connectivity index (χ4v) is 3.59. The van der Waals surface area contributed by atoms with Crippen molar-refractivity contribution < 1.29 is 14.6 Å². The zero-order chi connectivity index (χ0) is 23.1. The molecule has 0 spiro atoms. The smallest absolute Gasteiger partial charge is 0.335 e. The molecule has 168 valence electrons. The molecule has 0 aliphatic carbocycles. The Morgan fingerprint density at radius 2 is 1.72 bits per heavy atom. The molecule has 3 aromatic rings. The van der Waals surface area contributed by atoms with Crippen molar-refractivity contribution in [3.05, 3.63) is 66.5 Å². The number of para-hydroxylation sites is 1. The van der Waals surface area contributed by atoms with Crippen LogP contribution in [0.3, 0.4) is 0 Å². The van der Waals surface area contributed by atoms with E-state index in [2.05, 4.69) is 47.9 Å². The Kier molecular flexibility index (Phi) is 7.78. The van der Waals surface area contributed by atoms with Crippen molar-refractivity contribution in [3.8, 4) is 17.0 Å². The summed E-state index contributed by atoms with van der Waals surface area (Å²) < 4.78 is 6.14. The second-order valence-corrected chi connectivity index (χ2v) is 8.07. The third kappa shape index (κ3) is 6.04. The van der Waals surface area contributed by atoms with Crippen LogP contribution in [0.15, 0.2) is 60.9 Å². The Balaban J connectivity index is 1.74. The monoisotopic (exact) mass is 434 g/mol. The van der Waals surface area contributed by atoms with Crippen molar-refractivity contribution in [2.45, 2.75) is 39.8 Å². The predicted molar refractivity (Wildman–Crippen MR) is 127 cm³/mol. The Labute approximate surface area is 189 Å². The van der Waals surface area contributed by atoms with Crippen LogP contribution in [-0.4, -0.2) is 51.2 Å². The largest absolute Gasteiger partial charge is 0.492 e. The fraction of sp³-hybridized carbons (Fsp3) is 0.320. The SMILES string of the molecule is CC(C)N(CCOc1ccccc1-c1cc(Nc2ccc(C(=O)O)cc2)ncn1)C(C)C. The molecular weight excluding hydrogens is 404 g/mol. The lowest BCUT2D eigenvalue weighted by atomic mass is 10.1. The van der Waals surface area contributed by atoms with Gasteiger partial charge in [-0.1, -0.05) is 12.1 Å². The molecule has 0 atom stereocenters. The van der Waals surface area contributed by atoms with E-state index in [-0.39, 0.29) is 5.56 Å². The number of aromatic carboxylic acids is 1. The third-order valence-electron chi connectivity index (χ3n) is 5.17. The van der Waals surface area contributed by atoms with Crippen molar-refractivity contribution >= 4 is 17.5 Å². The van der Waals surface area contributed by atoms with Crippen LogP contribution < -0.4 is 10.1 Å². The van der Waals surface area contributed by atoms with E-state index in [1.807, 2.05) is 30.3 Å². The standard InChI is InChI=1S/C25H30N4O3/c1-17(2)29(18(3)4)13-14-32-23-8-6-5-7-21(23)22-15-24(27-16-26-22)28-20-11-9-19(10-12-20)25(30)31/h5-12,15-18H,13-14H2,1-4H3,(H,30,31)(H,26,27,28). The zero-order valence-electron chi connectivity index (χ0n) is 18.9. The average Bonchev–Trinajstić information content (AvgIpc) is 2.77. The summed E-state index contributed by atoms with van der Waals surface area (Å²) in [5.41, 5.74) is 2.61. The van der Waals surface area contributed by atoms with E-state index in [1.54, 1.807) is 24.3 Å². The van der Waals surface area contributed by atoms with E-state index in [0.29, 0.717) is 24.5 Å². The predicted octanol–water partition coefficient (Wildman–Crippen LogP) is 5.08. The van der Waals surface area contributed by atoms with Gasteiger partial charge in [0, 0.05) is 35.9 Å². The first kappa shape index (κ1) is 23.2. The maximum atomic E-state index is 11.0. The summed E-state index contributed by atoms with van der Waals surface area (Å²) in [5.74, 6) is 0.427. The fourth-order valence-electron chi connectivity index (χ4n) is 3.59. The van der Waals surface area contributed by atoms with Crippen LogP contribution >= 0.6 is 0 Å². The quantitative estimate of drug-likeness (QED) is 0.460. The molecule has 0 fully saturated rings. The molecular formula is C25H30N4O3. The summed E-state index contributed by atoms with van der Waals surface area (Å²) in [6, 6.07) is 17.1. The third-order valence-corrected chi connectivity index (χ3v) is 5.17. The summed E-state index contributed by atoms with van der Waals surface area (Å²) >= 11 is 0. The number of nitrogens with one attached hydrogen (secondary N) is 1. The summed E-state index contributed by atoms with van der Waals surface area (Å²) in [7, 11) is 0. The summed E-state index contributed by atoms with van der Waals surface area (Å²) in [5, 5.41) is 12.2. The van der Waals surface area contributed by atoms with Crippen molar-refractivity contribution in [2.24, 2.45) is 0 Å². The van der Waals surface area contributed by atoms with Gasteiger partial charge in [-0.05, 0) is 64.1 Å². The van der Waals surface area contributed by atoms with Gasteiger partial charge in [-0.2, -0.15) is 0 Å². The van der Waals surface area contributed by atoms with Gasteiger partial charge in [-0.25, -0.2) is 14.8 Å². The minimum Gasteiger partial charge on any atom is -0.492 e. The van der Waals surface area contributed by atoms with Gasteiger partial charge in [0.1, 0.15) is 24.5 Å². The molecule has 1 aromatic heterocycles. The van der Waals surface area contributed by atoms with Crippen molar-refractivity contribution in [3.63, 3.8) is 0 Å². The summed E-state index contributed by atoms with van der Waals surface area (Å²) in [6.45, 7) is 10.2. The highest BCUT2D eigenvalue weighted by Crippen LogP contribution is 2.30. The highest BCUT2D eigenvalue weighted by atomic mass is 16.5. The second kappa shape index (κ2) is 10.7. The maximum Gasteiger partial charge on any atom is 0.335 e. The molecule has 0 aliphatic heterocycles. The molecule has 0 unspecified atom stereocenters. The van der Waals surface area contributed by atoms with Gasteiger partial charge in [0.25, 0.3) is 0 Å². The maximum absolute atomic E-state index is 11.0. The minimum atomic E-state index is -0.956. The van der Waals surface area contributed by atoms with Crippen molar-refractivity contribution in [1.82, 2.24) is 14.9 Å². The molecule has 0 saturated carbocycles. The highest BCUT2D eigenvalue weighted by molar-refractivity contribution is 5.88. The molecule has 32 heavy (non-hydrogen) atoms. The number of anilines is 2. The van der Waals surface area contributed by atoms with Crippen molar-refractivity contribution in [2.75, 3.05) is 18.5 Å². The lowest BCUT2D eigenvalue weighted by molar-refractivity contribution is 0.0697. The van der Waals surface area contributed by atoms with Crippen LogP contribution in [0.1, 0.15) is 38.1 Å². The van der Waals surface area contributed by atoms with Crippen molar-refractivity contribution in [1.29, 1.82) is 0 Å². The Morgan fingerprint density at radius 1 is 1.03 bits per heavy atom. The molecule has 7 nitrogen and oxygen atoms in total. The molecule has 2 N–H and O–H groups in total. The first-order valence-electron chi connectivity index (χ1n) is 10.8. The second-order valence-electron chi connectivity index (χ2n) is 8.07. The van der Waals surface area contributed by atoms with Crippen LogP contribution in [0, 0.1) is 0 Å². The van der Waals surface area contributed by atoms with E-state index in [4.69, 9.17) is 9.84 Å². The lowest BCUT2D eigenvalue weighted by Crippen LogP contribution is -2.39. The molecule has 0 amide bonds. The number of carboxylic acids is 1. The van der Waals surface area contributed by atoms with E-state index in [0.717, 1.165) is 29.2 Å². The summed E-state index contributed by atoms with van der Waals surface area (Å²) in [4.78, 5) is 22.1. The van der Waals surface area contributed by atoms with Gasteiger partial charge in [-0.15, -0.1) is 0 Å². The topological polar surface area (TPSA) is 87.6 Å². The molecule has 1 heterocycles. The van der Waals surface area contributed by atoms with Crippen LogP contribution in [0.2, 0.25) is 0 Å². The van der Waals surface area contributed by atoms with Crippen LogP contribution in [0.4, 0.5) is 11.5 Å². The minimum absolute atomic E-state index is 0.235. The molecule has 0 aliphatic rings. The van der Waals surface area contributed by atoms with Gasteiger partial charge in [0.15, 0.2) is 0 Å². The molecule has 0 saturated heterocycles. The normalized spacial score (nSPS) is 11.2. The number of hydrogen-bond donors (Lipinski definition) is 2. The first-order chi connectivity index (χ1) is 15.3. The van der Waals surface area contributed by atoms with Gasteiger partial charge < -0.3 is 15.2 Å². The zero-order valence-corrected chi connectivity index (χ0v) is 18.9. The van der Waals surface area contributed by atoms with Gasteiger partial charge in [0.05, 0.1) is 11.3 Å². The Hall–Kier alpha value is -3.45. The number of hydrogen-bond acceptors (Lipinski definition) is 6. The first-order valence-corrected chi connectivity index (χ1v) is 10.8. The van der Waals surface area contributed by atoms with Gasteiger partial charge >= 0.3 is 5.97 Å². The number of benzene rings is 2. The molecule has 0 bridgehead atoms. The Bertz CT molecular complexity index is 1030. The van der Waals surface area contributed by atoms with E-state index < -0.39 is 5.97 Å². The van der Waals surface area contributed by atoms with Gasteiger partial charge in [0.2, 0.25) is 0 Å². The molecule has 7 heteroatoms. The van der Waals surface area contributed by atoms with Crippen LogP contribution in [-0.2, 0) is 0 Å². The molecule has 2 aromatic carbocycles. The van der Waals surface area contributed by atoms with E-state index >= 15 is 0 Å². The van der Waals surface area contributed by atoms with E-state index in [1.165, 1.54) is 6.33 Å². The molecule has 3 rings (SSSR count). The number of carboxylic acid groups (broad SMARTS) is 1. The van der Waals surface area contributed by atoms with Gasteiger partial charge in [-0.3, -0.25) is 4.90 Å². The number of nitrogens with zero attached hydrogens (tertiary/aromatic N) is 3. The number of aromatic nitrogens is 2. The Morgan fingerprint density at radius 3 is 2.38 bits per heavy atom. The molecule has 0 radical (unpaired) electrons. The summed E-state index contributed by atoms with van der Waals surface area (Å²) in [6.07, 6.45) is 1.50. The lowest BCUT2D eigenvalue weighted by Gasteiger charge is -2.30. The number of ether oxygens (including phenoxy) is 1. The van der Waals surface area contributed by atoms with Crippen LogP contribution in [0.25, 0.3) is 11.3 Å². The number of carbonyl (C=O) groups is 1. The van der Waals surface area contributed by atoms with Crippen LogP contribution in [0.5, 0.6) is 5.75 Å². The van der Waals surface area contributed by atoms with E-state index in [9.17, 15) is 4.79 Å². The number of rotatable bonds is 10. The highest BCUT2D eigenvalue weighted by Gasteiger charge is 2.14. The average molecular weight is 435 g/mol.